The third kappa shape index (κ3) is 1.65. The minimum Gasteiger partial charge on any atom is -0.423 e. The van der Waals surface area contributed by atoms with E-state index in [1.54, 1.807) is 6.07 Å². The molecule has 0 radical (unpaired) electrons. The Morgan fingerprint density at radius 3 is 2.29 bits per heavy atom. The highest BCUT2D eigenvalue weighted by Gasteiger charge is 2.17. The van der Waals surface area contributed by atoms with Gasteiger partial charge >= 0.3 is 7.12 Å². The molecule has 84 valence electrons. The summed E-state index contributed by atoms with van der Waals surface area (Å²) in [6.45, 7) is 0. The monoisotopic (exact) mass is 262 g/mol. The van der Waals surface area contributed by atoms with E-state index in [1.165, 1.54) is 11.3 Å². The molecule has 0 atom stereocenters. The average molecular weight is 263 g/mol. The van der Waals surface area contributed by atoms with E-state index in [1.807, 2.05) is 30.3 Å². The van der Waals surface area contributed by atoms with Crippen LogP contribution in [0.2, 0.25) is 5.02 Å². The van der Waals surface area contributed by atoms with Crippen molar-refractivity contribution in [2.24, 2.45) is 0 Å². The molecule has 2 aromatic carbocycles. The third-order valence-electron chi connectivity index (χ3n) is 2.78. The van der Waals surface area contributed by atoms with Crippen LogP contribution in [-0.4, -0.2) is 17.2 Å². The Labute approximate surface area is 107 Å². The molecule has 3 aromatic rings. The van der Waals surface area contributed by atoms with Gasteiger partial charge in [-0.3, -0.25) is 0 Å². The highest BCUT2D eigenvalue weighted by molar-refractivity contribution is 7.27. The summed E-state index contributed by atoms with van der Waals surface area (Å²) in [5, 5.41) is 21.5. The lowest BCUT2D eigenvalue weighted by atomic mass is 9.80. The fourth-order valence-electron chi connectivity index (χ4n) is 2.01. The van der Waals surface area contributed by atoms with Gasteiger partial charge in [0.05, 0.1) is 9.72 Å². The van der Waals surface area contributed by atoms with Crippen molar-refractivity contribution in [2.45, 2.75) is 0 Å². The summed E-state index contributed by atoms with van der Waals surface area (Å²) < 4.78 is 1.86. The molecule has 1 aromatic heterocycles. The van der Waals surface area contributed by atoms with E-state index >= 15 is 0 Å². The second-order valence-corrected chi connectivity index (χ2v) is 5.24. The zero-order chi connectivity index (χ0) is 12.0. The topological polar surface area (TPSA) is 40.5 Å². The first kappa shape index (κ1) is 11.0. The molecule has 2 nitrogen and oxygen atoms in total. The van der Waals surface area contributed by atoms with Crippen molar-refractivity contribution < 1.29 is 10.0 Å². The number of benzene rings is 2. The first-order valence-electron chi connectivity index (χ1n) is 5.14. The van der Waals surface area contributed by atoms with Crippen LogP contribution in [0.25, 0.3) is 20.2 Å². The highest BCUT2D eigenvalue weighted by atomic mass is 35.5. The Morgan fingerprint density at radius 1 is 0.941 bits per heavy atom. The standard InChI is InChI=1S/C12H8BClO2S/c14-10-6-2-4-8-7-3-1-5-9(13(15)16)11(7)17-12(8)10/h1-6,15-16H. The predicted molar refractivity (Wildman–Crippen MR) is 74.2 cm³/mol. The van der Waals surface area contributed by atoms with Crippen LogP contribution in [-0.2, 0) is 0 Å². The second-order valence-electron chi connectivity index (χ2n) is 3.82. The Balaban J connectivity index is 2.51. The Bertz CT molecular complexity index is 708. The molecule has 0 aliphatic carbocycles. The van der Waals surface area contributed by atoms with Crippen molar-refractivity contribution in [2.75, 3.05) is 0 Å². The van der Waals surface area contributed by atoms with Crippen molar-refractivity contribution >= 4 is 55.7 Å². The molecule has 1 heterocycles. The van der Waals surface area contributed by atoms with Crippen LogP contribution < -0.4 is 5.46 Å². The summed E-state index contributed by atoms with van der Waals surface area (Å²) in [4.78, 5) is 0. The number of halogens is 1. The van der Waals surface area contributed by atoms with Crippen LogP contribution in [0, 0.1) is 0 Å². The Morgan fingerprint density at radius 2 is 1.59 bits per heavy atom. The van der Waals surface area contributed by atoms with E-state index in [4.69, 9.17) is 11.6 Å². The van der Waals surface area contributed by atoms with Gasteiger partial charge in [-0.05, 0) is 11.5 Å². The molecule has 0 saturated carbocycles. The van der Waals surface area contributed by atoms with Gasteiger partial charge in [0.2, 0.25) is 0 Å². The molecule has 3 rings (SSSR count). The molecule has 2 N–H and O–H groups in total. The summed E-state index contributed by atoms with van der Waals surface area (Å²) in [5.74, 6) is 0. The largest absolute Gasteiger partial charge is 0.489 e. The van der Waals surface area contributed by atoms with Gasteiger partial charge in [0.25, 0.3) is 0 Å². The van der Waals surface area contributed by atoms with Crippen molar-refractivity contribution in [3.63, 3.8) is 0 Å². The van der Waals surface area contributed by atoms with Crippen LogP contribution >= 0.6 is 22.9 Å². The van der Waals surface area contributed by atoms with Crippen LogP contribution in [0.1, 0.15) is 0 Å². The van der Waals surface area contributed by atoms with Gasteiger partial charge in [-0.15, -0.1) is 11.3 Å². The lowest BCUT2D eigenvalue weighted by molar-refractivity contribution is 0.426. The molecule has 0 spiro atoms. The summed E-state index contributed by atoms with van der Waals surface area (Å²) in [6, 6.07) is 11.2. The van der Waals surface area contributed by atoms with Gasteiger partial charge < -0.3 is 10.0 Å². The number of fused-ring (bicyclic) bond motifs is 3. The zero-order valence-electron chi connectivity index (χ0n) is 8.72. The number of hydrogen-bond donors (Lipinski definition) is 2. The normalized spacial score (nSPS) is 11.2. The maximum atomic E-state index is 9.35. The summed E-state index contributed by atoms with van der Waals surface area (Å²) in [6.07, 6.45) is 0. The van der Waals surface area contributed by atoms with Gasteiger partial charge in [-0.2, -0.15) is 0 Å². The Kier molecular flexibility index (Phi) is 2.60. The molecule has 0 aliphatic rings. The maximum Gasteiger partial charge on any atom is 0.489 e. The molecule has 0 aliphatic heterocycles. The molecular weight excluding hydrogens is 254 g/mol. The van der Waals surface area contributed by atoms with Crippen molar-refractivity contribution in [1.82, 2.24) is 0 Å². The number of thiophene rings is 1. The van der Waals surface area contributed by atoms with Crippen LogP contribution in [0.3, 0.4) is 0 Å². The van der Waals surface area contributed by atoms with E-state index in [2.05, 4.69) is 0 Å². The van der Waals surface area contributed by atoms with E-state index < -0.39 is 7.12 Å². The van der Waals surface area contributed by atoms with E-state index in [-0.39, 0.29) is 0 Å². The fourth-order valence-corrected chi connectivity index (χ4v) is 3.54. The fraction of sp³-hybridized carbons (Fsp3) is 0. The van der Waals surface area contributed by atoms with E-state index in [0.717, 1.165) is 20.2 Å². The SMILES string of the molecule is OB(O)c1cccc2c1sc1c(Cl)cccc12. The molecule has 0 bridgehead atoms. The molecule has 0 saturated heterocycles. The minimum atomic E-state index is -1.45. The first-order chi connectivity index (χ1) is 8.18. The van der Waals surface area contributed by atoms with Crippen molar-refractivity contribution in [3.8, 4) is 0 Å². The number of rotatable bonds is 1. The predicted octanol–water partition coefficient (Wildman–Crippen LogP) is 2.39. The van der Waals surface area contributed by atoms with E-state index in [9.17, 15) is 10.0 Å². The molecule has 0 amide bonds. The van der Waals surface area contributed by atoms with Gasteiger partial charge in [0.1, 0.15) is 0 Å². The van der Waals surface area contributed by atoms with Crippen molar-refractivity contribution in [3.05, 3.63) is 41.4 Å². The summed E-state index contributed by atoms with van der Waals surface area (Å²) in [5.41, 5.74) is 0.528. The van der Waals surface area contributed by atoms with Crippen LogP contribution in [0.5, 0.6) is 0 Å². The average Bonchev–Trinajstić information content (AvgIpc) is 2.69. The lowest BCUT2D eigenvalue weighted by Gasteiger charge is -1.99. The lowest BCUT2D eigenvalue weighted by Crippen LogP contribution is -2.29. The summed E-state index contributed by atoms with van der Waals surface area (Å²) in [7, 11) is -1.45. The van der Waals surface area contributed by atoms with E-state index in [0.29, 0.717) is 10.5 Å². The van der Waals surface area contributed by atoms with Gasteiger partial charge in [0, 0.05) is 15.5 Å². The zero-order valence-corrected chi connectivity index (χ0v) is 10.3. The molecule has 17 heavy (non-hydrogen) atoms. The van der Waals surface area contributed by atoms with Gasteiger partial charge in [0.15, 0.2) is 0 Å². The molecule has 5 heteroatoms. The first-order valence-corrected chi connectivity index (χ1v) is 6.33. The molecule has 0 fully saturated rings. The van der Waals surface area contributed by atoms with Gasteiger partial charge in [-0.1, -0.05) is 41.9 Å². The molecule has 0 unspecified atom stereocenters. The Hall–Kier alpha value is -1.07. The van der Waals surface area contributed by atoms with Crippen LogP contribution in [0.4, 0.5) is 0 Å². The summed E-state index contributed by atoms with van der Waals surface area (Å²) >= 11 is 7.64. The highest BCUT2D eigenvalue weighted by Crippen LogP contribution is 2.36. The van der Waals surface area contributed by atoms with Gasteiger partial charge in [-0.25, -0.2) is 0 Å². The third-order valence-corrected chi connectivity index (χ3v) is 4.52. The molecular formula is C12H8BClO2S. The smallest absolute Gasteiger partial charge is 0.423 e. The second kappa shape index (κ2) is 4.00. The van der Waals surface area contributed by atoms with Crippen molar-refractivity contribution in [1.29, 1.82) is 0 Å². The number of hydrogen-bond acceptors (Lipinski definition) is 3. The minimum absolute atomic E-state index is 0.528. The van der Waals surface area contributed by atoms with Crippen LogP contribution in [0.15, 0.2) is 36.4 Å². The maximum absolute atomic E-state index is 9.35. The quantitative estimate of drug-likeness (QED) is 0.661.